The Morgan fingerprint density at radius 3 is 2.31 bits per heavy atom. The first-order valence-corrected chi connectivity index (χ1v) is 11.6. The Bertz CT molecular complexity index is 994. The van der Waals surface area contributed by atoms with Crippen molar-refractivity contribution >= 4 is 15.9 Å². The standard InChI is InChI=1S/C23H28N2O3S/c1-24(2)22(26)16-18-17-23(21-11-7-6-10-20(18)21)12-14-25(15-13-23)29(27,28)19-8-4-3-5-9-19/h3-11,18H,12-17H2,1-2H3/t18-/m1/s1. The summed E-state index contributed by atoms with van der Waals surface area (Å²) in [6, 6.07) is 17.1. The molecule has 5 nitrogen and oxygen atoms in total. The zero-order chi connectivity index (χ0) is 20.6. The summed E-state index contributed by atoms with van der Waals surface area (Å²) in [5.74, 6) is 0.351. The Kier molecular flexibility index (Phi) is 5.25. The second kappa shape index (κ2) is 7.58. The van der Waals surface area contributed by atoms with E-state index in [2.05, 4.69) is 18.2 Å². The summed E-state index contributed by atoms with van der Waals surface area (Å²) in [7, 11) is 0.138. The molecule has 1 heterocycles. The van der Waals surface area contributed by atoms with Crippen LogP contribution in [0.2, 0.25) is 0 Å². The zero-order valence-electron chi connectivity index (χ0n) is 17.0. The molecule has 1 amide bonds. The minimum absolute atomic E-state index is 0.0312. The molecule has 154 valence electrons. The molecule has 0 unspecified atom stereocenters. The second-order valence-electron chi connectivity index (χ2n) is 8.48. The highest BCUT2D eigenvalue weighted by molar-refractivity contribution is 7.89. The van der Waals surface area contributed by atoms with Gasteiger partial charge >= 0.3 is 0 Å². The van der Waals surface area contributed by atoms with Crippen LogP contribution in [-0.4, -0.2) is 50.7 Å². The Hall–Kier alpha value is -2.18. The maximum Gasteiger partial charge on any atom is 0.243 e. The molecule has 1 atom stereocenters. The number of rotatable bonds is 4. The first-order valence-electron chi connectivity index (χ1n) is 10.2. The minimum atomic E-state index is -3.46. The highest BCUT2D eigenvalue weighted by Gasteiger charge is 2.47. The van der Waals surface area contributed by atoms with Gasteiger partial charge in [-0.05, 0) is 53.9 Å². The number of carbonyl (C=O) groups is 1. The molecule has 0 saturated carbocycles. The number of hydrogen-bond acceptors (Lipinski definition) is 3. The molecule has 0 bridgehead atoms. The van der Waals surface area contributed by atoms with E-state index in [0.717, 1.165) is 19.3 Å². The monoisotopic (exact) mass is 412 g/mol. The highest BCUT2D eigenvalue weighted by Crippen LogP contribution is 2.53. The van der Waals surface area contributed by atoms with Gasteiger partial charge in [-0.2, -0.15) is 4.31 Å². The largest absolute Gasteiger partial charge is 0.349 e. The number of sulfonamides is 1. The first-order chi connectivity index (χ1) is 13.8. The Morgan fingerprint density at radius 1 is 1.03 bits per heavy atom. The summed E-state index contributed by atoms with van der Waals surface area (Å²) in [6.45, 7) is 1.03. The van der Waals surface area contributed by atoms with Gasteiger partial charge in [-0.1, -0.05) is 42.5 Å². The van der Waals surface area contributed by atoms with Crippen LogP contribution in [0.5, 0.6) is 0 Å². The summed E-state index contributed by atoms with van der Waals surface area (Å²) in [6.07, 6.45) is 3.02. The third-order valence-electron chi connectivity index (χ3n) is 6.59. The normalized spacial score (nSPS) is 21.1. The predicted molar refractivity (Wildman–Crippen MR) is 113 cm³/mol. The molecular weight excluding hydrogens is 384 g/mol. The van der Waals surface area contributed by atoms with Crippen molar-refractivity contribution in [2.45, 2.75) is 41.9 Å². The first kappa shape index (κ1) is 20.1. The number of benzene rings is 2. The van der Waals surface area contributed by atoms with Gasteiger partial charge in [0.15, 0.2) is 0 Å². The van der Waals surface area contributed by atoms with E-state index in [9.17, 15) is 13.2 Å². The van der Waals surface area contributed by atoms with Gasteiger partial charge in [0, 0.05) is 33.6 Å². The van der Waals surface area contributed by atoms with Crippen molar-refractivity contribution in [2.75, 3.05) is 27.2 Å². The highest BCUT2D eigenvalue weighted by atomic mass is 32.2. The number of nitrogens with zero attached hydrogens (tertiary/aromatic N) is 2. The average Bonchev–Trinajstić information content (AvgIpc) is 3.02. The van der Waals surface area contributed by atoms with E-state index in [-0.39, 0.29) is 17.2 Å². The quantitative estimate of drug-likeness (QED) is 0.774. The van der Waals surface area contributed by atoms with Crippen molar-refractivity contribution in [2.24, 2.45) is 0 Å². The maximum atomic E-state index is 13.0. The molecule has 2 aromatic carbocycles. The van der Waals surface area contributed by atoms with Crippen LogP contribution in [0.4, 0.5) is 0 Å². The van der Waals surface area contributed by atoms with E-state index in [1.165, 1.54) is 11.1 Å². The van der Waals surface area contributed by atoms with Crippen LogP contribution in [-0.2, 0) is 20.2 Å². The van der Waals surface area contributed by atoms with E-state index in [1.807, 2.05) is 12.1 Å². The molecule has 2 aliphatic rings. The summed E-state index contributed by atoms with van der Waals surface area (Å²) in [4.78, 5) is 14.4. The third-order valence-corrected chi connectivity index (χ3v) is 8.50. The molecular formula is C23H28N2O3S. The third kappa shape index (κ3) is 3.60. The predicted octanol–water partition coefficient (Wildman–Crippen LogP) is 3.37. The van der Waals surface area contributed by atoms with E-state index in [1.54, 1.807) is 47.6 Å². The summed E-state index contributed by atoms with van der Waals surface area (Å²) in [5.41, 5.74) is 2.55. The van der Waals surface area contributed by atoms with Gasteiger partial charge in [0.2, 0.25) is 15.9 Å². The van der Waals surface area contributed by atoms with Crippen molar-refractivity contribution < 1.29 is 13.2 Å². The van der Waals surface area contributed by atoms with Crippen molar-refractivity contribution in [1.82, 2.24) is 9.21 Å². The molecule has 4 rings (SSSR count). The van der Waals surface area contributed by atoms with Crippen molar-refractivity contribution in [3.63, 3.8) is 0 Å². The summed E-state index contributed by atoms with van der Waals surface area (Å²) < 4.78 is 27.6. The van der Waals surface area contributed by atoms with Gasteiger partial charge in [-0.3, -0.25) is 4.79 Å². The van der Waals surface area contributed by atoms with Crippen LogP contribution < -0.4 is 0 Å². The van der Waals surface area contributed by atoms with Crippen LogP contribution >= 0.6 is 0 Å². The molecule has 29 heavy (non-hydrogen) atoms. The summed E-state index contributed by atoms with van der Waals surface area (Å²) >= 11 is 0. The zero-order valence-corrected chi connectivity index (χ0v) is 17.9. The molecule has 6 heteroatoms. The number of hydrogen-bond donors (Lipinski definition) is 0. The van der Waals surface area contributed by atoms with Gasteiger partial charge in [0.1, 0.15) is 0 Å². The van der Waals surface area contributed by atoms with Crippen LogP contribution in [0.15, 0.2) is 59.5 Å². The lowest BCUT2D eigenvalue weighted by Gasteiger charge is -2.39. The minimum Gasteiger partial charge on any atom is -0.349 e. The Morgan fingerprint density at radius 2 is 1.66 bits per heavy atom. The van der Waals surface area contributed by atoms with Gasteiger partial charge in [0.25, 0.3) is 0 Å². The molecule has 0 N–H and O–H groups in total. The molecule has 0 radical (unpaired) electrons. The molecule has 1 saturated heterocycles. The summed E-state index contributed by atoms with van der Waals surface area (Å²) in [5, 5.41) is 0. The molecule has 2 aromatic rings. The van der Waals surface area contributed by atoms with Crippen LogP contribution in [0.3, 0.4) is 0 Å². The van der Waals surface area contributed by atoms with Crippen molar-refractivity contribution in [3.8, 4) is 0 Å². The smallest absolute Gasteiger partial charge is 0.243 e. The van der Waals surface area contributed by atoms with Gasteiger partial charge in [-0.15, -0.1) is 0 Å². The molecule has 1 aliphatic carbocycles. The van der Waals surface area contributed by atoms with E-state index < -0.39 is 10.0 Å². The second-order valence-corrected chi connectivity index (χ2v) is 10.4. The van der Waals surface area contributed by atoms with Crippen LogP contribution in [0.1, 0.15) is 42.7 Å². The molecule has 0 aromatic heterocycles. The van der Waals surface area contributed by atoms with E-state index in [4.69, 9.17) is 0 Å². The van der Waals surface area contributed by atoms with Gasteiger partial charge < -0.3 is 4.90 Å². The number of carbonyl (C=O) groups excluding carboxylic acids is 1. The lowest BCUT2D eigenvalue weighted by Crippen LogP contribution is -2.44. The van der Waals surface area contributed by atoms with Crippen LogP contribution in [0.25, 0.3) is 0 Å². The fourth-order valence-corrected chi connectivity index (χ4v) is 6.44. The Balaban J connectivity index is 1.56. The van der Waals surface area contributed by atoms with Crippen LogP contribution in [0, 0.1) is 0 Å². The Labute approximate surface area is 173 Å². The maximum absolute atomic E-state index is 13.0. The van der Waals surface area contributed by atoms with Gasteiger partial charge in [-0.25, -0.2) is 8.42 Å². The van der Waals surface area contributed by atoms with E-state index in [0.29, 0.717) is 24.4 Å². The average molecular weight is 413 g/mol. The van der Waals surface area contributed by atoms with E-state index >= 15 is 0 Å². The fraction of sp³-hybridized carbons (Fsp3) is 0.435. The van der Waals surface area contributed by atoms with Crippen molar-refractivity contribution in [3.05, 3.63) is 65.7 Å². The SMILES string of the molecule is CN(C)C(=O)C[C@@H]1CC2(CCN(S(=O)(=O)c3ccccc3)CC2)c2ccccc21. The topological polar surface area (TPSA) is 57.7 Å². The lowest BCUT2D eigenvalue weighted by molar-refractivity contribution is -0.129. The lowest BCUT2D eigenvalue weighted by atomic mass is 9.73. The molecule has 1 fully saturated rings. The fourth-order valence-electron chi connectivity index (χ4n) is 4.97. The van der Waals surface area contributed by atoms with Gasteiger partial charge in [0.05, 0.1) is 4.90 Å². The number of fused-ring (bicyclic) bond motifs is 2. The number of amides is 1. The molecule has 1 aliphatic heterocycles. The number of piperidine rings is 1. The van der Waals surface area contributed by atoms with Crippen molar-refractivity contribution in [1.29, 1.82) is 0 Å². The molecule has 1 spiro atoms.